The summed E-state index contributed by atoms with van der Waals surface area (Å²) >= 11 is 0. The van der Waals surface area contributed by atoms with Gasteiger partial charge in [-0.25, -0.2) is 0 Å². The lowest BCUT2D eigenvalue weighted by Gasteiger charge is -2.24. The fraction of sp³-hybridized carbons (Fsp3) is 1.00. The van der Waals surface area contributed by atoms with E-state index in [4.69, 9.17) is 14.2 Å². The van der Waals surface area contributed by atoms with Crippen molar-refractivity contribution in [1.82, 2.24) is 41.7 Å². The summed E-state index contributed by atoms with van der Waals surface area (Å²) in [6.07, 6.45) is 0. The van der Waals surface area contributed by atoms with E-state index in [1.165, 1.54) is 0 Å². The molecule has 0 spiro atoms. The Morgan fingerprint density at radius 2 is 0.486 bits per heavy atom. The quantitative estimate of drug-likeness (QED) is 0.194. The smallest absolute Gasteiger partial charge is 0.0591 e. The van der Waals surface area contributed by atoms with Crippen molar-refractivity contribution in [2.75, 3.05) is 157 Å². The van der Waals surface area contributed by atoms with Gasteiger partial charge < -0.3 is 46.1 Å². The summed E-state index contributed by atoms with van der Waals surface area (Å²) in [5.74, 6) is 0. The van der Waals surface area contributed by atoms with Crippen LogP contribution in [0.25, 0.3) is 0 Å². The molecule has 0 aromatic rings. The van der Waals surface area contributed by atoms with Crippen LogP contribution in [0.4, 0.5) is 0 Å². The van der Waals surface area contributed by atoms with Crippen molar-refractivity contribution in [2.45, 2.75) is 0 Å². The Balaban J connectivity index is 1.85. The van der Waals surface area contributed by atoms with Crippen LogP contribution in [0.15, 0.2) is 0 Å². The minimum Gasteiger partial charge on any atom is -0.379 e. The average Bonchev–Trinajstić information content (AvgIpc) is 2.86. The van der Waals surface area contributed by atoms with Crippen molar-refractivity contribution < 1.29 is 14.2 Å². The third-order valence-electron chi connectivity index (χ3n) is 6.17. The van der Waals surface area contributed by atoms with Gasteiger partial charge in [-0.15, -0.1) is 0 Å². The van der Waals surface area contributed by atoms with Gasteiger partial charge in [-0.2, -0.15) is 0 Å². The second kappa shape index (κ2) is 23.9. The number of rotatable bonds is 0. The molecular formula is C24H54N8O3. The largest absolute Gasteiger partial charge is 0.379 e. The van der Waals surface area contributed by atoms with Gasteiger partial charge >= 0.3 is 0 Å². The summed E-state index contributed by atoms with van der Waals surface area (Å²) in [7, 11) is 0. The molecule has 3 aliphatic heterocycles. The van der Waals surface area contributed by atoms with Crippen LogP contribution in [0, 0.1) is 0 Å². The van der Waals surface area contributed by atoms with Gasteiger partial charge in [-0.05, 0) is 0 Å². The summed E-state index contributed by atoms with van der Waals surface area (Å²) in [5.41, 5.74) is 0. The molecule has 3 rings (SSSR count). The van der Waals surface area contributed by atoms with Crippen LogP contribution in [0.1, 0.15) is 0 Å². The van der Waals surface area contributed by atoms with Gasteiger partial charge in [-0.3, -0.25) is 9.80 Å². The molecular weight excluding hydrogens is 448 g/mol. The molecule has 11 heteroatoms. The molecule has 0 amide bonds. The number of fused-ring (bicyclic) bond motifs is 30. The van der Waals surface area contributed by atoms with Gasteiger partial charge in [0.1, 0.15) is 0 Å². The Kier molecular flexibility index (Phi) is 21.0. The zero-order chi connectivity index (χ0) is 24.5. The van der Waals surface area contributed by atoms with Crippen LogP contribution in [0.2, 0.25) is 0 Å². The number of ether oxygens (including phenoxy) is 3. The lowest BCUT2D eigenvalue weighted by atomic mass is 10.4. The second-order valence-electron chi connectivity index (χ2n) is 9.02. The maximum atomic E-state index is 5.79. The van der Waals surface area contributed by atoms with Crippen LogP contribution in [0.5, 0.6) is 0 Å². The third-order valence-corrected chi connectivity index (χ3v) is 6.17. The highest BCUT2D eigenvalue weighted by Gasteiger charge is 2.06. The summed E-state index contributed by atoms with van der Waals surface area (Å²) in [4.78, 5) is 5.02. The molecule has 208 valence electrons. The van der Waals surface area contributed by atoms with Crippen molar-refractivity contribution in [3.05, 3.63) is 0 Å². The van der Waals surface area contributed by atoms with E-state index in [-0.39, 0.29) is 0 Å². The normalized spacial score (nSPS) is 28.8. The first kappa shape index (κ1) is 30.8. The number of hydrogen-bond donors (Lipinski definition) is 6. The van der Waals surface area contributed by atoms with E-state index in [9.17, 15) is 0 Å². The summed E-state index contributed by atoms with van der Waals surface area (Å²) < 4.78 is 17.4. The molecule has 11 nitrogen and oxygen atoms in total. The molecule has 3 heterocycles. The van der Waals surface area contributed by atoms with Gasteiger partial charge in [0.05, 0.1) is 39.6 Å². The molecule has 0 aromatic heterocycles. The summed E-state index contributed by atoms with van der Waals surface area (Å²) in [6.45, 7) is 22.0. The van der Waals surface area contributed by atoms with Crippen molar-refractivity contribution in [2.24, 2.45) is 0 Å². The third kappa shape index (κ3) is 19.4. The zero-order valence-corrected chi connectivity index (χ0v) is 22.1. The minimum absolute atomic E-state index is 0.758. The van der Waals surface area contributed by atoms with E-state index in [0.717, 1.165) is 157 Å². The molecule has 3 aliphatic rings. The summed E-state index contributed by atoms with van der Waals surface area (Å²) in [5, 5.41) is 21.1. The predicted octanol–water partition coefficient (Wildman–Crippen LogP) is -2.80. The number of nitrogens with zero attached hydrogens (tertiary/aromatic N) is 2. The topological polar surface area (TPSA) is 106 Å². The Labute approximate surface area is 213 Å². The SMILES string of the molecule is C1COCCNCCN2CCNCCOCCNCCN(CCN1)CCNCCOCCNCC2. The van der Waals surface area contributed by atoms with Crippen LogP contribution in [-0.4, -0.2) is 167 Å². The molecule has 3 saturated heterocycles. The Morgan fingerprint density at radius 3 is 0.686 bits per heavy atom. The van der Waals surface area contributed by atoms with Crippen molar-refractivity contribution >= 4 is 0 Å². The monoisotopic (exact) mass is 502 g/mol. The number of hydrogen-bond acceptors (Lipinski definition) is 11. The van der Waals surface area contributed by atoms with Crippen molar-refractivity contribution in [1.29, 1.82) is 0 Å². The number of nitrogens with one attached hydrogen (secondary N) is 6. The standard InChI is InChI=1S/C24H54N8O3/c1-13-31-14-2-26-9-21-34-23-11-29-5-17-32(16-4-28-8-20-33-19-7-25-1)18-6-30-12-24-35-22-10-27-3-15-31/h25-30H,1-24H2. The first-order chi connectivity index (χ1) is 17.4. The van der Waals surface area contributed by atoms with Gasteiger partial charge in [0.2, 0.25) is 0 Å². The fourth-order valence-electron chi connectivity index (χ4n) is 4.02. The zero-order valence-electron chi connectivity index (χ0n) is 22.1. The minimum atomic E-state index is 0.758. The highest BCUT2D eigenvalue weighted by molar-refractivity contribution is 4.66. The lowest BCUT2D eigenvalue weighted by Crippen LogP contribution is -2.42. The Morgan fingerprint density at radius 1 is 0.286 bits per heavy atom. The maximum Gasteiger partial charge on any atom is 0.0591 e. The molecule has 0 unspecified atom stereocenters. The van der Waals surface area contributed by atoms with Gasteiger partial charge in [-0.1, -0.05) is 0 Å². The van der Waals surface area contributed by atoms with E-state index in [1.807, 2.05) is 0 Å². The molecule has 0 aliphatic carbocycles. The van der Waals surface area contributed by atoms with E-state index < -0.39 is 0 Å². The first-order valence-corrected chi connectivity index (χ1v) is 13.9. The predicted molar refractivity (Wildman–Crippen MR) is 143 cm³/mol. The second-order valence-corrected chi connectivity index (χ2v) is 9.02. The van der Waals surface area contributed by atoms with Crippen LogP contribution < -0.4 is 31.9 Å². The Bertz CT molecular complexity index is 355. The van der Waals surface area contributed by atoms with Crippen LogP contribution in [-0.2, 0) is 14.2 Å². The molecule has 3 fully saturated rings. The molecule has 35 heavy (non-hydrogen) atoms. The van der Waals surface area contributed by atoms with Gasteiger partial charge in [0, 0.05) is 118 Å². The summed E-state index contributed by atoms with van der Waals surface area (Å²) in [6, 6.07) is 0. The molecule has 2 bridgehead atoms. The molecule has 0 aromatic carbocycles. The van der Waals surface area contributed by atoms with E-state index in [2.05, 4.69) is 41.7 Å². The van der Waals surface area contributed by atoms with E-state index in [0.29, 0.717) is 0 Å². The molecule has 6 N–H and O–H groups in total. The highest BCUT2D eigenvalue weighted by atomic mass is 16.5. The highest BCUT2D eigenvalue weighted by Crippen LogP contribution is 1.89. The lowest BCUT2D eigenvalue weighted by molar-refractivity contribution is 0.131. The van der Waals surface area contributed by atoms with E-state index >= 15 is 0 Å². The Hall–Kier alpha value is -0.440. The van der Waals surface area contributed by atoms with Crippen LogP contribution in [0.3, 0.4) is 0 Å². The van der Waals surface area contributed by atoms with Crippen molar-refractivity contribution in [3.8, 4) is 0 Å². The first-order valence-electron chi connectivity index (χ1n) is 13.9. The molecule has 0 radical (unpaired) electrons. The van der Waals surface area contributed by atoms with E-state index in [1.54, 1.807) is 0 Å². The van der Waals surface area contributed by atoms with Crippen LogP contribution >= 0.6 is 0 Å². The average molecular weight is 503 g/mol. The van der Waals surface area contributed by atoms with Gasteiger partial charge in [0.15, 0.2) is 0 Å². The molecule has 0 atom stereocenters. The van der Waals surface area contributed by atoms with Gasteiger partial charge in [0.25, 0.3) is 0 Å². The maximum absolute atomic E-state index is 5.79. The molecule has 0 saturated carbocycles. The fourth-order valence-corrected chi connectivity index (χ4v) is 4.02. The van der Waals surface area contributed by atoms with Crippen molar-refractivity contribution in [3.63, 3.8) is 0 Å².